The van der Waals surface area contributed by atoms with Gasteiger partial charge in [0.15, 0.2) is 0 Å². The number of hydrogen-bond acceptors (Lipinski definition) is 5. The average molecular weight is 300 g/mol. The van der Waals surface area contributed by atoms with Gasteiger partial charge >= 0.3 is 5.97 Å². The van der Waals surface area contributed by atoms with E-state index in [1.165, 1.54) is 19.2 Å². The van der Waals surface area contributed by atoms with Gasteiger partial charge in [-0.25, -0.2) is 17.9 Å². The second-order valence-corrected chi connectivity index (χ2v) is 6.38. The second-order valence-electron chi connectivity index (χ2n) is 4.70. The number of hydrogen-bond donors (Lipinski definition) is 2. The zero-order valence-electron chi connectivity index (χ0n) is 11.8. The summed E-state index contributed by atoms with van der Waals surface area (Å²) in [5.41, 5.74) is 5.57. The monoisotopic (exact) mass is 300 g/mol. The van der Waals surface area contributed by atoms with Gasteiger partial charge in [-0.3, -0.25) is 0 Å². The summed E-state index contributed by atoms with van der Waals surface area (Å²) in [5.74, 6) is -0.653. The first kappa shape index (κ1) is 16.6. The number of sulfonamides is 1. The van der Waals surface area contributed by atoms with Crippen molar-refractivity contribution in [1.82, 2.24) is 4.72 Å². The van der Waals surface area contributed by atoms with Gasteiger partial charge in [0.1, 0.15) is 0 Å². The van der Waals surface area contributed by atoms with E-state index in [-0.39, 0.29) is 22.9 Å². The van der Waals surface area contributed by atoms with E-state index in [4.69, 9.17) is 5.73 Å². The Hall–Kier alpha value is -1.44. The first-order valence-electron chi connectivity index (χ1n) is 6.23. The summed E-state index contributed by atoms with van der Waals surface area (Å²) in [6.45, 7) is 3.91. The molecule has 6 nitrogen and oxygen atoms in total. The van der Waals surface area contributed by atoms with E-state index < -0.39 is 22.0 Å². The van der Waals surface area contributed by atoms with Gasteiger partial charge in [0.25, 0.3) is 0 Å². The lowest BCUT2D eigenvalue weighted by Crippen LogP contribution is -2.43. The molecule has 0 radical (unpaired) electrons. The summed E-state index contributed by atoms with van der Waals surface area (Å²) >= 11 is 0. The van der Waals surface area contributed by atoms with Gasteiger partial charge in [0, 0.05) is 12.6 Å². The molecule has 0 heterocycles. The molecule has 0 aromatic heterocycles. The predicted molar refractivity (Wildman–Crippen MR) is 75.8 cm³/mol. The van der Waals surface area contributed by atoms with Crippen LogP contribution in [0.2, 0.25) is 0 Å². The minimum Gasteiger partial charge on any atom is -0.465 e. The number of nitrogens with two attached hydrogens (primary N) is 1. The van der Waals surface area contributed by atoms with E-state index >= 15 is 0 Å². The van der Waals surface area contributed by atoms with Crippen LogP contribution in [0.1, 0.15) is 24.2 Å². The van der Waals surface area contributed by atoms with Crippen LogP contribution in [-0.2, 0) is 14.8 Å². The summed E-state index contributed by atoms with van der Waals surface area (Å²) in [5, 5.41) is 0. The van der Waals surface area contributed by atoms with Crippen LogP contribution in [0.25, 0.3) is 0 Å². The Morgan fingerprint density at radius 2 is 1.95 bits per heavy atom. The van der Waals surface area contributed by atoms with Crippen LogP contribution in [0.15, 0.2) is 29.2 Å². The number of carbonyl (C=O) groups excluding carboxylic acids is 1. The van der Waals surface area contributed by atoms with Crippen molar-refractivity contribution < 1.29 is 17.9 Å². The molecule has 1 atom stereocenters. The lowest BCUT2D eigenvalue weighted by Gasteiger charge is -2.21. The van der Waals surface area contributed by atoms with Crippen molar-refractivity contribution in [2.75, 3.05) is 13.7 Å². The summed E-state index contributed by atoms with van der Waals surface area (Å²) in [6, 6.07) is 5.50. The number of benzene rings is 1. The molecule has 1 unspecified atom stereocenters. The smallest absolute Gasteiger partial charge is 0.339 e. The quantitative estimate of drug-likeness (QED) is 0.755. The molecule has 0 aliphatic rings. The highest BCUT2D eigenvalue weighted by Crippen LogP contribution is 2.17. The highest BCUT2D eigenvalue weighted by Gasteiger charge is 2.26. The Kier molecular flexibility index (Phi) is 5.67. The third-order valence-electron chi connectivity index (χ3n) is 2.95. The van der Waals surface area contributed by atoms with Gasteiger partial charge in [-0.2, -0.15) is 0 Å². The second kappa shape index (κ2) is 6.83. The lowest BCUT2D eigenvalue weighted by atomic mass is 10.1. The first-order chi connectivity index (χ1) is 9.33. The summed E-state index contributed by atoms with van der Waals surface area (Å²) in [7, 11) is -2.63. The van der Waals surface area contributed by atoms with Crippen LogP contribution in [0, 0.1) is 5.92 Å². The highest BCUT2D eigenvalue weighted by atomic mass is 32.2. The molecule has 0 aliphatic carbocycles. The molecule has 1 aromatic carbocycles. The summed E-state index contributed by atoms with van der Waals surface area (Å²) < 4.78 is 31.9. The van der Waals surface area contributed by atoms with Crippen molar-refractivity contribution in [3.63, 3.8) is 0 Å². The van der Waals surface area contributed by atoms with Crippen LogP contribution < -0.4 is 10.5 Å². The maximum Gasteiger partial charge on any atom is 0.339 e. The highest BCUT2D eigenvalue weighted by molar-refractivity contribution is 7.89. The molecule has 0 saturated carbocycles. The number of esters is 1. The Morgan fingerprint density at radius 1 is 1.35 bits per heavy atom. The normalized spacial score (nSPS) is 13.2. The average Bonchev–Trinajstić information content (AvgIpc) is 2.43. The van der Waals surface area contributed by atoms with Crippen molar-refractivity contribution in [3.05, 3.63) is 29.8 Å². The third kappa shape index (κ3) is 3.78. The van der Waals surface area contributed by atoms with E-state index in [1.807, 2.05) is 13.8 Å². The standard InChI is InChI=1S/C13H20N2O4S/c1-9(2)11(8-14)15-20(17,18)12-7-5-4-6-10(12)13(16)19-3/h4-7,9,11,15H,8,14H2,1-3H3. The molecule has 0 aliphatic heterocycles. The fourth-order valence-corrected chi connectivity index (χ4v) is 3.29. The summed E-state index contributed by atoms with van der Waals surface area (Å²) in [6.07, 6.45) is 0. The molecule has 7 heteroatoms. The van der Waals surface area contributed by atoms with Gasteiger partial charge in [-0.05, 0) is 18.1 Å². The number of methoxy groups -OCH3 is 1. The topological polar surface area (TPSA) is 98.5 Å². The number of nitrogens with one attached hydrogen (secondary N) is 1. The first-order valence-corrected chi connectivity index (χ1v) is 7.71. The zero-order valence-corrected chi connectivity index (χ0v) is 12.6. The van der Waals surface area contributed by atoms with Gasteiger partial charge in [-0.15, -0.1) is 0 Å². The van der Waals surface area contributed by atoms with Gasteiger partial charge in [-0.1, -0.05) is 26.0 Å². The molecule has 3 N–H and O–H groups in total. The Balaban J connectivity index is 3.19. The third-order valence-corrected chi connectivity index (χ3v) is 4.50. The number of carbonyl (C=O) groups is 1. The maximum absolute atomic E-state index is 12.4. The molecular formula is C13H20N2O4S. The molecule has 0 saturated heterocycles. The van der Waals surface area contributed by atoms with Gasteiger partial charge < -0.3 is 10.5 Å². The van der Waals surface area contributed by atoms with Gasteiger partial charge in [0.2, 0.25) is 10.0 Å². The Morgan fingerprint density at radius 3 is 2.45 bits per heavy atom. The van der Waals surface area contributed by atoms with Crippen molar-refractivity contribution in [2.24, 2.45) is 11.7 Å². The fourth-order valence-electron chi connectivity index (χ4n) is 1.70. The van der Waals surface area contributed by atoms with Crippen molar-refractivity contribution in [3.8, 4) is 0 Å². The van der Waals surface area contributed by atoms with Crippen LogP contribution in [0.4, 0.5) is 0 Å². The number of rotatable bonds is 6. The largest absolute Gasteiger partial charge is 0.465 e. The SMILES string of the molecule is COC(=O)c1ccccc1S(=O)(=O)NC(CN)C(C)C. The molecule has 0 bridgehead atoms. The number of ether oxygens (including phenoxy) is 1. The molecule has 0 amide bonds. The van der Waals surface area contributed by atoms with E-state index in [2.05, 4.69) is 9.46 Å². The fraction of sp³-hybridized carbons (Fsp3) is 0.462. The van der Waals surface area contributed by atoms with Crippen LogP contribution in [0.3, 0.4) is 0 Å². The van der Waals surface area contributed by atoms with Crippen molar-refractivity contribution >= 4 is 16.0 Å². The molecule has 112 valence electrons. The molecule has 0 spiro atoms. The lowest BCUT2D eigenvalue weighted by molar-refractivity contribution is 0.0596. The molecular weight excluding hydrogens is 280 g/mol. The van der Waals surface area contributed by atoms with E-state index in [0.717, 1.165) is 0 Å². The molecule has 1 aromatic rings. The minimum absolute atomic E-state index is 0.00188. The maximum atomic E-state index is 12.4. The van der Waals surface area contributed by atoms with Crippen LogP contribution >= 0.6 is 0 Å². The van der Waals surface area contributed by atoms with Crippen LogP contribution in [0.5, 0.6) is 0 Å². The molecule has 0 fully saturated rings. The van der Waals surface area contributed by atoms with Crippen molar-refractivity contribution in [2.45, 2.75) is 24.8 Å². The predicted octanol–water partition coefficient (Wildman–Crippen LogP) is 0.735. The minimum atomic E-state index is -3.83. The Bertz CT molecular complexity index is 569. The molecule has 1 rings (SSSR count). The Labute approximate surface area is 119 Å². The van der Waals surface area contributed by atoms with E-state index in [1.54, 1.807) is 12.1 Å². The van der Waals surface area contributed by atoms with Crippen LogP contribution in [-0.4, -0.2) is 34.1 Å². The van der Waals surface area contributed by atoms with Gasteiger partial charge in [0.05, 0.1) is 17.6 Å². The summed E-state index contributed by atoms with van der Waals surface area (Å²) in [4.78, 5) is 11.5. The van der Waals surface area contributed by atoms with E-state index in [9.17, 15) is 13.2 Å². The van der Waals surface area contributed by atoms with Crippen molar-refractivity contribution in [1.29, 1.82) is 0 Å². The zero-order chi connectivity index (χ0) is 15.3. The molecule has 20 heavy (non-hydrogen) atoms. The van der Waals surface area contributed by atoms with E-state index in [0.29, 0.717) is 0 Å².